The van der Waals surface area contributed by atoms with Crippen LogP contribution in [0.4, 0.5) is 0 Å². The number of nitrogens with zero attached hydrogens (tertiary/aromatic N) is 4. The maximum absolute atomic E-state index is 12.9. The van der Waals surface area contributed by atoms with Crippen LogP contribution in [0.15, 0.2) is 30.5 Å². The molecule has 2 bridgehead atoms. The molecule has 22 heteroatoms. The number of carbonyl (C=O) groups is 5. The first kappa shape index (κ1) is 47.8. The van der Waals surface area contributed by atoms with Crippen LogP contribution < -0.4 is 16.0 Å². The zero-order chi connectivity index (χ0) is 41.9. The molecule has 0 saturated carbocycles. The highest BCUT2D eigenvalue weighted by Crippen LogP contribution is 2.23. The van der Waals surface area contributed by atoms with Gasteiger partial charge in [-0.05, 0) is 12.1 Å². The quantitative estimate of drug-likeness (QED) is 0.0485. The number of carboxylic acid groups (broad SMARTS) is 2. The molecule has 22 nitrogen and oxygen atoms in total. The number of carbonyl (C=O) groups excluding carboxylic acids is 3. The van der Waals surface area contributed by atoms with Gasteiger partial charge in [0.2, 0.25) is 17.7 Å². The molecule has 2 heterocycles. The molecule has 6 atom stereocenters. The van der Waals surface area contributed by atoms with Gasteiger partial charge in [-0.25, -0.2) is 0 Å². The Kier molecular flexibility index (Phi) is 20.7. The number of carboxylic acids is 2. The van der Waals surface area contributed by atoms with Crippen LogP contribution in [0.25, 0.3) is 0 Å². The van der Waals surface area contributed by atoms with Gasteiger partial charge in [-0.2, -0.15) is 0 Å². The van der Waals surface area contributed by atoms with E-state index in [-0.39, 0.29) is 64.6 Å². The molecule has 0 aromatic carbocycles. The highest BCUT2D eigenvalue weighted by atomic mass is 16.5. The third-order valence-corrected chi connectivity index (χ3v) is 8.96. The minimum absolute atomic E-state index is 0.0513. The van der Waals surface area contributed by atoms with Crippen LogP contribution in [0.5, 0.6) is 0 Å². The summed E-state index contributed by atoms with van der Waals surface area (Å²) in [5.74, 6) is -6.61. The lowest BCUT2D eigenvalue weighted by Gasteiger charge is -2.38. The smallest absolute Gasteiger partial charge is 0.321 e. The highest BCUT2D eigenvalue weighted by Gasteiger charge is 2.34. The van der Waals surface area contributed by atoms with Crippen LogP contribution in [-0.2, 0) is 37.1 Å². The van der Waals surface area contributed by atoms with Crippen molar-refractivity contribution in [2.75, 3.05) is 65.6 Å². The SMILES string of the molecule is C=C(C(CC(=O)NCC(O)CO)C(=O)O)N1CCN(C(CC(=O)NCC(O)CO)C(=O)O)CCN(C(CC(=O)NCC(O)CO)C(O)O)Cc2cccc(n2)C1. The highest BCUT2D eigenvalue weighted by molar-refractivity contribution is 5.85. The molecule has 0 saturated heterocycles. The monoisotopic (exact) mass is 801 g/mol. The number of pyridine rings is 1. The summed E-state index contributed by atoms with van der Waals surface area (Å²) >= 11 is 0. The number of rotatable bonds is 22. The molecule has 0 fully saturated rings. The molecule has 13 N–H and O–H groups in total. The Morgan fingerprint density at radius 1 is 0.661 bits per heavy atom. The average Bonchev–Trinajstić information content (AvgIpc) is 3.16. The minimum Gasteiger partial charge on any atom is -0.481 e. The number of fused-ring (bicyclic) bond motifs is 2. The van der Waals surface area contributed by atoms with E-state index >= 15 is 0 Å². The summed E-state index contributed by atoms with van der Waals surface area (Å²) in [6.45, 7) is 0.143. The van der Waals surface area contributed by atoms with Crippen LogP contribution in [-0.4, -0.2) is 203 Å². The molecular weight excluding hydrogens is 746 g/mol. The summed E-state index contributed by atoms with van der Waals surface area (Å²) in [5.41, 5.74) is 0.670. The normalized spacial score (nSPS) is 17.6. The van der Waals surface area contributed by atoms with E-state index in [0.717, 1.165) is 0 Å². The number of amides is 3. The summed E-state index contributed by atoms with van der Waals surface area (Å²) < 4.78 is 0. The number of hydrogen-bond donors (Lipinski definition) is 13. The Labute approximate surface area is 322 Å². The van der Waals surface area contributed by atoms with Crippen LogP contribution in [0.1, 0.15) is 30.7 Å². The van der Waals surface area contributed by atoms with E-state index in [1.54, 1.807) is 18.2 Å². The van der Waals surface area contributed by atoms with E-state index in [1.807, 2.05) is 0 Å². The van der Waals surface area contributed by atoms with Gasteiger partial charge in [0.1, 0.15) is 12.0 Å². The van der Waals surface area contributed by atoms with Gasteiger partial charge in [-0.15, -0.1) is 0 Å². The van der Waals surface area contributed by atoms with Crippen LogP contribution in [0.3, 0.4) is 0 Å². The second-order valence-electron chi connectivity index (χ2n) is 13.3. The maximum Gasteiger partial charge on any atom is 0.321 e. The van der Waals surface area contributed by atoms with Crippen LogP contribution >= 0.6 is 0 Å². The summed E-state index contributed by atoms with van der Waals surface area (Å²) in [7, 11) is 0. The summed E-state index contributed by atoms with van der Waals surface area (Å²) in [6.07, 6.45) is -7.72. The van der Waals surface area contributed by atoms with E-state index in [0.29, 0.717) is 11.4 Å². The number of hydrogen-bond acceptors (Lipinski definition) is 17. The third kappa shape index (κ3) is 16.4. The maximum atomic E-state index is 12.9. The molecule has 3 amide bonds. The van der Waals surface area contributed by atoms with Gasteiger partial charge in [-0.1, -0.05) is 12.6 Å². The van der Waals surface area contributed by atoms with E-state index in [1.165, 1.54) is 14.7 Å². The van der Waals surface area contributed by atoms with E-state index < -0.39 is 111 Å². The first-order valence-electron chi connectivity index (χ1n) is 17.8. The molecule has 1 aliphatic rings. The van der Waals surface area contributed by atoms with Crippen LogP contribution in [0, 0.1) is 5.92 Å². The van der Waals surface area contributed by atoms with Crippen molar-refractivity contribution in [1.29, 1.82) is 0 Å². The summed E-state index contributed by atoms with van der Waals surface area (Å²) in [5, 5.41) is 105. The van der Waals surface area contributed by atoms with Crippen molar-refractivity contribution in [3.05, 3.63) is 41.9 Å². The largest absolute Gasteiger partial charge is 0.481 e. The molecule has 316 valence electrons. The molecule has 2 rings (SSSR count). The van der Waals surface area contributed by atoms with Crippen molar-refractivity contribution in [2.24, 2.45) is 5.92 Å². The Morgan fingerprint density at radius 2 is 1.12 bits per heavy atom. The van der Waals surface area contributed by atoms with Gasteiger partial charge in [0.15, 0.2) is 6.29 Å². The Balaban J connectivity index is 2.56. The minimum atomic E-state index is -2.11. The third-order valence-electron chi connectivity index (χ3n) is 8.96. The Bertz CT molecular complexity index is 1450. The number of aliphatic hydroxyl groups is 8. The van der Waals surface area contributed by atoms with Crippen molar-refractivity contribution in [1.82, 2.24) is 35.6 Å². The predicted molar refractivity (Wildman–Crippen MR) is 192 cm³/mol. The van der Waals surface area contributed by atoms with Crippen molar-refractivity contribution >= 4 is 29.7 Å². The molecule has 1 aromatic heterocycles. The van der Waals surface area contributed by atoms with Gasteiger partial charge < -0.3 is 71.9 Å². The standard InChI is InChI=1S/C34H55N7O15/c1-20(26(32(51)52)9-29(48)35-12-23(45)17-42)40-7-5-39(27(33(53)54)10-30(49)36-13-24(46)18-43)6-8-41(16-22-4-2-3-21(15-40)38-22)28(34(55)56)11-31(50)37-14-25(47)19-44/h2-4,23-28,34,42-47,55-56H,1,5-19H2,(H,35,48)(H,36,49)(H,37,50)(H,51,52)(H,53,54). The molecule has 0 radical (unpaired) electrons. The van der Waals surface area contributed by atoms with Crippen molar-refractivity contribution < 1.29 is 75.0 Å². The fourth-order valence-electron chi connectivity index (χ4n) is 5.74. The lowest BCUT2D eigenvalue weighted by atomic mass is 10.00. The van der Waals surface area contributed by atoms with Gasteiger partial charge in [0.05, 0.1) is 68.5 Å². The summed E-state index contributed by atoms with van der Waals surface area (Å²) in [4.78, 5) is 72.5. The molecule has 0 spiro atoms. The van der Waals surface area contributed by atoms with Crippen molar-refractivity contribution in [3.8, 4) is 0 Å². The number of aliphatic carboxylic acids is 2. The van der Waals surface area contributed by atoms with Crippen molar-refractivity contribution in [2.45, 2.75) is 69.0 Å². The van der Waals surface area contributed by atoms with E-state index in [4.69, 9.17) is 15.3 Å². The second-order valence-corrected chi connectivity index (χ2v) is 13.3. The average molecular weight is 802 g/mol. The zero-order valence-corrected chi connectivity index (χ0v) is 30.9. The Hall–Kier alpha value is -4.36. The predicted octanol–water partition coefficient (Wildman–Crippen LogP) is -6.07. The van der Waals surface area contributed by atoms with E-state index in [2.05, 4.69) is 27.5 Å². The van der Waals surface area contributed by atoms with Gasteiger partial charge in [0.25, 0.3) is 0 Å². The molecule has 1 aromatic rings. The first-order chi connectivity index (χ1) is 26.5. The van der Waals surface area contributed by atoms with Crippen molar-refractivity contribution in [3.63, 3.8) is 0 Å². The second kappa shape index (κ2) is 24.3. The topological polar surface area (TPSA) is 346 Å². The van der Waals surface area contributed by atoms with Gasteiger partial charge in [0, 0.05) is 70.9 Å². The van der Waals surface area contributed by atoms with Gasteiger partial charge >= 0.3 is 11.9 Å². The molecule has 56 heavy (non-hydrogen) atoms. The molecule has 1 aliphatic heterocycles. The number of nitrogens with one attached hydrogen (secondary N) is 3. The summed E-state index contributed by atoms with van der Waals surface area (Å²) in [6, 6.07) is 2.01. The lowest BCUT2D eigenvalue weighted by molar-refractivity contribution is -0.146. The molecular formula is C34H55N7O15. The fraction of sp³-hybridized carbons (Fsp3) is 0.647. The molecule has 0 aliphatic carbocycles. The zero-order valence-electron chi connectivity index (χ0n) is 30.9. The Morgan fingerprint density at radius 3 is 1.61 bits per heavy atom. The first-order valence-corrected chi connectivity index (χ1v) is 17.8. The fourth-order valence-corrected chi connectivity index (χ4v) is 5.74. The van der Waals surface area contributed by atoms with Gasteiger partial charge in [-0.3, -0.25) is 38.8 Å². The molecule has 6 unspecified atom stereocenters. The number of aromatic nitrogens is 1. The lowest BCUT2D eigenvalue weighted by Crippen LogP contribution is -2.53. The number of aliphatic hydroxyl groups excluding tert-OH is 7. The van der Waals surface area contributed by atoms with E-state index in [9.17, 15) is 59.7 Å². The van der Waals surface area contributed by atoms with Crippen LogP contribution in [0.2, 0.25) is 0 Å².